The number of hydrogen-bond acceptors (Lipinski definition) is 7. The van der Waals surface area contributed by atoms with Crippen LogP contribution < -0.4 is 4.89 Å². The van der Waals surface area contributed by atoms with Gasteiger partial charge < -0.3 is 23.2 Å². The monoisotopic (exact) mass is 539 g/mol. The molecule has 0 spiro atoms. The van der Waals surface area contributed by atoms with E-state index >= 15 is 0 Å². The van der Waals surface area contributed by atoms with Crippen LogP contribution in [0.5, 0.6) is 0 Å². The van der Waals surface area contributed by atoms with Crippen LogP contribution in [-0.2, 0) is 23.1 Å². The number of carbonyl (C=O) groups excluding carboxylic acids is 1. The molecule has 210 valence electrons. The second kappa shape index (κ2) is 22.1. The molecule has 0 aromatic carbocycles. The van der Waals surface area contributed by atoms with Crippen molar-refractivity contribution in [1.82, 2.24) is 0 Å². The number of phosphoric acid groups is 1. The molecule has 0 aliphatic rings. The summed E-state index contributed by atoms with van der Waals surface area (Å²) in [5.41, 5.74) is 0. The van der Waals surface area contributed by atoms with Gasteiger partial charge in [0.1, 0.15) is 13.2 Å². The Hall–Kier alpha value is 0.0500. The summed E-state index contributed by atoms with van der Waals surface area (Å²) in [4.78, 5) is 23.5. The second-order valence-corrected chi connectivity index (χ2v) is 13.4. The standard InChI is InChI=1S/C26H54NO6PS/c1-6-7-8-9-10-11-12-13-14-15-16-17-18-19-21-31-23-26(35-25(2)28)24-33-34(29,30)32-22-20-27(3,4)5/h26H,6-24H2,1-5H3. The number of carbonyl (C=O) groups is 1. The van der Waals surface area contributed by atoms with Crippen molar-refractivity contribution in [1.29, 1.82) is 0 Å². The van der Waals surface area contributed by atoms with Gasteiger partial charge in [-0.1, -0.05) is 102 Å². The lowest BCUT2D eigenvalue weighted by atomic mass is 10.0. The van der Waals surface area contributed by atoms with E-state index in [1.807, 2.05) is 21.1 Å². The van der Waals surface area contributed by atoms with Gasteiger partial charge >= 0.3 is 0 Å². The van der Waals surface area contributed by atoms with E-state index in [0.29, 0.717) is 17.6 Å². The maximum Gasteiger partial charge on any atom is 0.268 e. The van der Waals surface area contributed by atoms with E-state index in [1.54, 1.807) is 0 Å². The highest BCUT2D eigenvalue weighted by Crippen LogP contribution is 2.39. The van der Waals surface area contributed by atoms with E-state index in [9.17, 15) is 14.3 Å². The molecule has 0 saturated carbocycles. The molecule has 0 radical (unpaired) electrons. The van der Waals surface area contributed by atoms with Crippen LogP contribution >= 0.6 is 19.6 Å². The van der Waals surface area contributed by atoms with Gasteiger partial charge in [-0.15, -0.1) is 0 Å². The fraction of sp³-hybridized carbons (Fsp3) is 0.962. The minimum absolute atomic E-state index is 0.0599. The molecule has 0 aliphatic carbocycles. The molecule has 0 aliphatic heterocycles. The lowest BCUT2D eigenvalue weighted by molar-refractivity contribution is -0.870. The van der Waals surface area contributed by atoms with Gasteiger partial charge in [0.25, 0.3) is 7.82 Å². The fourth-order valence-electron chi connectivity index (χ4n) is 3.60. The van der Waals surface area contributed by atoms with E-state index in [2.05, 4.69) is 6.92 Å². The van der Waals surface area contributed by atoms with Crippen LogP contribution in [0, 0.1) is 0 Å². The summed E-state index contributed by atoms with van der Waals surface area (Å²) in [7, 11) is 1.47. The maximum absolute atomic E-state index is 12.0. The van der Waals surface area contributed by atoms with Crippen molar-refractivity contribution in [2.75, 3.05) is 54.1 Å². The van der Waals surface area contributed by atoms with Gasteiger partial charge in [0.15, 0.2) is 5.12 Å². The van der Waals surface area contributed by atoms with Gasteiger partial charge in [-0.25, -0.2) is 0 Å². The summed E-state index contributed by atoms with van der Waals surface area (Å²) in [5, 5.41) is -0.464. The average Bonchev–Trinajstić information content (AvgIpc) is 2.75. The van der Waals surface area contributed by atoms with Crippen LogP contribution in [0.15, 0.2) is 0 Å². The van der Waals surface area contributed by atoms with Crippen molar-refractivity contribution >= 4 is 24.7 Å². The molecule has 0 heterocycles. The minimum Gasteiger partial charge on any atom is -0.756 e. The Labute approximate surface area is 220 Å². The van der Waals surface area contributed by atoms with Gasteiger partial charge in [-0.3, -0.25) is 9.36 Å². The van der Waals surface area contributed by atoms with Gasteiger partial charge in [0, 0.05) is 13.5 Å². The first-order chi connectivity index (χ1) is 16.6. The van der Waals surface area contributed by atoms with E-state index in [1.165, 1.54) is 84.0 Å². The summed E-state index contributed by atoms with van der Waals surface area (Å²) in [6.07, 6.45) is 18.3. The number of likely N-dealkylation sites (N-methyl/N-ethyl adjacent to an activating group) is 1. The first-order valence-electron chi connectivity index (χ1n) is 13.7. The molecule has 0 N–H and O–H groups in total. The van der Waals surface area contributed by atoms with Gasteiger partial charge in [0.2, 0.25) is 0 Å². The molecule has 0 saturated heterocycles. The zero-order chi connectivity index (χ0) is 26.4. The third-order valence-corrected chi connectivity index (χ3v) is 7.61. The number of hydrogen-bond donors (Lipinski definition) is 0. The van der Waals surface area contributed by atoms with E-state index < -0.39 is 7.82 Å². The lowest BCUT2D eigenvalue weighted by Crippen LogP contribution is -2.37. The number of quaternary nitrogens is 1. The molecule has 0 amide bonds. The number of ether oxygens (including phenoxy) is 1. The van der Waals surface area contributed by atoms with Gasteiger partial charge in [-0.05, 0) is 6.42 Å². The van der Waals surface area contributed by atoms with Crippen LogP contribution in [-0.4, -0.2) is 69.0 Å². The van der Waals surface area contributed by atoms with Crippen LogP contribution in [0.25, 0.3) is 0 Å². The zero-order valence-electron chi connectivity index (χ0n) is 23.3. The van der Waals surface area contributed by atoms with E-state index in [0.717, 1.165) is 24.6 Å². The Morgan fingerprint density at radius 1 is 0.800 bits per heavy atom. The highest BCUT2D eigenvalue weighted by Gasteiger charge is 2.19. The lowest BCUT2D eigenvalue weighted by Gasteiger charge is -2.28. The molecule has 7 nitrogen and oxygen atoms in total. The quantitative estimate of drug-likeness (QED) is 0.0760. The predicted octanol–water partition coefficient (Wildman–Crippen LogP) is 6.34. The molecule has 2 atom stereocenters. The number of unbranched alkanes of at least 4 members (excludes halogenated alkanes) is 13. The highest BCUT2D eigenvalue weighted by atomic mass is 32.2. The Bertz CT molecular complexity index is 558. The first-order valence-corrected chi connectivity index (χ1v) is 16.1. The molecule has 0 aromatic rings. The van der Waals surface area contributed by atoms with Crippen molar-refractivity contribution in [2.24, 2.45) is 0 Å². The predicted molar refractivity (Wildman–Crippen MR) is 146 cm³/mol. The summed E-state index contributed by atoms with van der Waals surface area (Å²) >= 11 is 1.05. The molecular formula is C26H54NO6PS. The van der Waals surface area contributed by atoms with Crippen LogP contribution in [0.1, 0.15) is 104 Å². The molecule has 0 bridgehead atoms. The molecule has 2 unspecified atom stereocenters. The van der Waals surface area contributed by atoms with Gasteiger partial charge in [0.05, 0.1) is 39.6 Å². The van der Waals surface area contributed by atoms with Crippen molar-refractivity contribution in [3.05, 3.63) is 0 Å². The van der Waals surface area contributed by atoms with Crippen molar-refractivity contribution in [3.8, 4) is 0 Å². The van der Waals surface area contributed by atoms with Crippen LogP contribution in [0.4, 0.5) is 0 Å². The Morgan fingerprint density at radius 2 is 1.29 bits per heavy atom. The summed E-state index contributed by atoms with van der Waals surface area (Å²) < 4.78 is 28.2. The van der Waals surface area contributed by atoms with Crippen molar-refractivity contribution in [3.63, 3.8) is 0 Å². The van der Waals surface area contributed by atoms with E-state index in [-0.39, 0.29) is 30.2 Å². The van der Waals surface area contributed by atoms with Crippen molar-refractivity contribution < 1.29 is 32.5 Å². The third-order valence-electron chi connectivity index (χ3n) is 5.71. The summed E-state index contributed by atoms with van der Waals surface area (Å²) in [6, 6.07) is 0. The molecular weight excluding hydrogens is 485 g/mol. The topological polar surface area (TPSA) is 84.9 Å². The number of thioether (sulfide) groups is 1. The molecule has 9 heteroatoms. The molecule has 0 aromatic heterocycles. The Kier molecular flexibility index (Phi) is 22.1. The minimum atomic E-state index is -4.39. The summed E-state index contributed by atoms with van der Waals surface area (Å²) in [6.45, 7) is 5.09. The van der Waals surface area contributed by atoms with Crippen LogP contribution in [0.3, 0.4) is 0 Å². The maximum atomic E-state index is 12.0. The van der Waals surface area contributed by atoms with Crippen LogP contribution in [0.2, 0.25) is 0 Å². The molecule has 0 rings (SSSR count). The van der Waals surface area contributed by atoms with Gasteiger partial charge in [-0.2, -0.15) is 0 Å². The Morgan fingerprint density at radius 3 is 1.74 bits per heavy atom. The molecule has 35 heavy (non-hydrogen) atoms. The van der Waals surface area contributed by atoms with Crippen molar-refractivity contribution in [2.45, 2.75) is 109 Å². The smallest absolute Gasteiger partial charge is 0.268 e. The van der Waals surface area contributed by atoms with E-state index in [4.69, 9.17) is 13.8 Å². The normalized spacial score (nSPS) is 14.7. The highest BCUT2D eigenvalue weighted by molar-refractivity contribution is 8.14. The number of nitrogens with zero attached hydrogens (tertiary/aromatic N) is 1. The number of rotatable bonds is 25. The average molecular weight is 540 g/mol. The molecule has 0 fully saturated rings. The zero-order valence-corrected chi connectivity index (χ0v) is 25.0. The summed E-state index contributed by atoms with van der Waals surface area (Å²) in [5.74, 6) is 0. The SMILES string of the molecule is CCCCCCCCCCCCCCCCOCC(COP(=O)([O-])OCC[N+](C)(C)C)SC(C)=O. The third kappa shape index (κ3) is 26.9. The number of phosphoric ester groups is 1. The second-order valence-electron chi connectivity index (χ2n) is 10.5. The largest absolute Gasteiger partial charge is 0.756 e. The fourth-order valence-corrected chi connectivity index (χ4v) is 5.22. The first kappa shape index (κ1) is 35.0. The Balaban J connectivity index is 3.77.